The lowest BCUT2D eigenvalue weighted by Gasteiger charge is -2.10. The van der Waals surface area contributed by atoms with E-state index in [1.807, 2.05) is 0 Å². The van der Waals surface area contributed by atoms with E-state index < -0.39 is 0 Å². The van der Waals surface area contributed by atoms with Crippen molar-refractivity contribution in [3.63, 3.8) is 0 Å². The van der Waals surface area contributed by atoms with Gasteiger partial charge in [-0.25, -0.2) is 0 Å². The summed E-state index contributed by atoms with van der Waals surface area (Å²) in [4.78, 5) is 11.4. The zero-order valence-electron chi connectivity index (χ0n) is 7.58. The van der Waals surface area contributed by atoms with Gasteiger partial charge in [-0.1, -0.05) is 13.3 Å². The third-order valence-corrected chi connectivity index (χ3v) is 3.19. The van der Waals surface area contributed by atoms with Gasteiger partial charge in [-0.05, 0) is 25.7 Å². The predicted molar refractivity (Wildman–Crippen MR) is 45.6 cm³/mol. The van der Waals surface area contributed by atoms with E-state index in [0.29, 0.717) is 5.92 Å². The van der Waals surface area contributed by atoms with Gasteiger partial charge in [-0.3, -0.25) is 4.79 Å². The number of rotatable bonds is 2. The largest absolute Gasteiger partial charge is 0.462 e. The highest BCUT2D eigenvalue weighted by Gasteiger charge is 2.45. The van der Waals surface area contributed by atoms with Gasteiger partial charge in [0.15, 0.2) is 0 Å². The molecule has 2 heteroatoms. The lowest BCUT2D eigenvalue weighted by Crippen LogP contribution is -2.15. The molecule has 0 bridgehead atoms. The maximum Gasteiger partial charge on any atom is 0.309 e. The van der Waals surface area contributed by atoms with Crippen LogP contribution in [0.15, 0.2) is 0 Å². The van der Waals surface area contributed by atoms with Gasteiger partial charge in [0.05, 0.1) is 5.92 Å². The highest BCUT2D eigenvalue weighted by molar-refractivity contribution is 5.75. The highest BCUT2D eigenvalue weighted by atomic mass is 16.6. The molecule has 0 aromatic rings. The van der Waals surface area contributed by atoms with Crippen molar-refractivity contribution >= 4 is 5.97 Å². The molecule has 1 heterocycles. The predicted octanol–water partition coefficient (Wildman–Crippen LogP) is 2.13. The van der Waals surface area contributed by atoms with Crippen molar-refractivity contribution in [1.82, 2.24) is 0 Å². The molecule has 0 aromatic carbocycles. The average molecular weight is 168 g/mol. The van der Waals surface area contributed by atoms with Gasteiger partial charge >= 0.3 is 5.97 Å². The molecule has 0 amide bonds. The highest BCUT2D eigenvalue weighted by Crippen LogP contribution is 2.42. The molecule has 0 spiro atoms. The maximum atomic E-state index is 11.4. The van der Waals surface area contributed by atoms with Gasteiger partial charge in [0.1, 0.15) is 6.10 Å². The molecule has 1 saturated heterocycles. The van der Waals surface area contributed by atoms with Crippen LogP contribution in [0.25, 0.3) is 0 Å². The molecule has 1 saturated carbocycles. The monoisotopic (exact) mass is 168 g/mol. The summed E-state index contributed by atoms with van der Waals surface area (Å²) in [5.74, 6) is 0.881. The van der Waals surface area contributed by atoms with Gasteiger partial charge in [0, 0.05) is 5.92 Å². The van der Waals surface area contributed by atoms with E-state index in [1.54, 1.807) is 0 Å². The normalized spacial score (nSPS) is 39.8. The summed E-state index contributed by atoms with van der Waals surface area (Å²) in [7, 11) is 0. The molecule has 0 aromatic heterocycles. The molecule has 12 heavy (non-hydrogen) atoms. The second kappa shape index (κ2) is 3.08. The number of ether oxygens (including phenoxy) is 1. The minimum Gasteiger partial charge on any atom is -0.462 e. The van der Waals surface area contributed by atoms with Crippen molar-refractivity contribution in [2.24, 2.45) is 11.8 Å². The second-order valence-corrected chi connectivity index (χ2v) is 3.97. The Kier molecular flexibility index (Phi) is 2.07. The molecule has 1 aliphatic heterocycles. The minimum atomic E-state index is 0.0755. The maximum absolute atomic E-state index is 11.4. The van der Waals surface area contributed by atoms with E-state index >= 15 is 0 Å². The van der Waals surface area contributed by atoms with Crippen LogP contribution in [0, 0.1) is 11.8 Å². The van der Waals surface area contributed by atoms with Crippen molar-refractivity contribution in [2.75, 3.05) is 0 Å². The molecule has 2 aliphatic rings. The van der Waals surface area contributed by atoms with Crippen LogP contribution in [0.2, 0.25) is 0 Å². The summed E-state index contributed by atoms with van der Waals surface area (Å²) in [6.45, 7) is 2.13. The van der Waals surface area contributed by atoms with E-state index in [4.69, 9.17) is 4.74 Å². The Morgan fingerprint density at radius 1 is 1.50 bits per heavy atom. The Hall–Kier alpha value is -0.530. The first kappa shape index (κ1) is 8.09. The van der Waals surface area contributed by atoms with Crippen molar-refractivity contribution in [3.05, 3.63) is 0 Å². The first-order valence-electron chi connectivity index (χ1n) is 5.03. The first-order chi connectivity index (χ1) is 5.83. The first-order valence-corrected chi connectivity index (χ1v) is 5.03. The van der Waals surface area contributed by atoms with Crippen molar-refractivity contribution in [3.8, 4) is 0 Å². The molecular formula is C10H16O2. The molecule has 2 rings (SSSR count). The average Bonchev–Trinajstić information content (AvgIpc) is 2.56. The Bertz CT molecular complexity index is 188. The van der Waals surface area contributed by atoms with Gasteiger partial charge in [-0.2, -0.15) is 0 Å². The number of hydrogen-bond acceptors (Lipinski definition) is 2. The van der Waals surface area contributed by atoms with Gasteiger partial charge in [-0.15, -0.1) is 0 Å². The van der Waals surface area contributed by atoms with E-state index in [2.05, 4.69) is 6.92 Å². The fourth-order valence-electron chi connectivity index (χ4n) is 2.62. The molecule has 2 fully saturated rings. The summed E-state index contributed by atoms with van der Waals surface area (Å²) in [6.07, 6.45) is 5.98. The summed E-state index contributed by atoms with van der Waals surface area (Å²) >= 11 is 0. The van der Waals surface area contributed by atoms with Crippen LogP contribution in [-0.2, 0) is 9.53 Å². The Morgan fingerprint density at radius 2 is 2.33 bits per heavy atom. The summed E-state index contributed by atoms with van der Waals surface area (Å²) < 4.78 is 5.31. The quantitative estimate of drug-likeness (QED) is 0.590. The standard InChI is InChI=1S/C10H16O2/c1-2-4-8-7-5-3-6-9(7)12-10(8)11/h7-9H,2-6H2,1H3/t7-,8-,9+/m1/s1. The molecule has 0 radical (unpaired) electrons. The molecule has 68 valence electrons. The number of carbonyl (C=O) groups excluding carboxylic acids is 1. The number of esters is 1. The van der Waals surface area contributed by atoms with Crippen LogP contribution >= 0.6 is 0 Å². The molecule has 0 N–H and O–H groups in total. The molecule has 0 unspecified atom stereocenters. The second-order valence-electron chi connectivity index (χ2n) is 3.97. The smallest absolute Gasteiger partial charge is 0.309 e. The van der Waals surface area contributed by atoms with Crippen molar-refractivity contribution in [2.45, 2.75) is 45.1 Å². The molecule has 3 atom stereocenters. The zero-order valence-corrected chi connectivity index (χ0v) is 7.58. The van der Waals surface area contributed by atoms with Crippen molar-refractivity contribution < 1.29 is 9.53 Å². The van der Waals surface area contributed by atoms with E-state index in [-0.39, 0.29) is 18.0 Å². The van der Waals surface area contributed by atoms with Crippen LogP contribution in [-0.4, -0.2) is 12.1 Å². The SMILES string of the molecule is CCC[C@H]1C(=O)O[C@H]2CCC[C@@H]21. The lowest BCUT2D eigenvalue weighted by atomic mass is 9.89. The van der Waals surface area contributed by atoms with Crippen LogP contribution in [0.1, 0.15) is 39.0 Å². The number of hydrogen-bond donors (Lipinski definition) is 0. The minimum absolute atomic E-state index is 0.0755. The Balaban J connectivity index is 2.05. The molecular weight excluding hydrogens is 152 g/mol. The van der Waals surface area contributed by atoms with Crippen LogP contribution in [0.4, 0.5) is 0 Å². The molecule has 2 nitrogen and oxygen atoms in total. The van der Waals surface area contributed by atoms with Crippen LogP contribution < -0.4 is 0 Å². The summed E-state index contributed by atoms with van der Waals surface area (Å²) in [5, 5.41) is 0. The Labute approximate surface area is 73.3 Å². The summed E-state index contributed by atoms with van der Waals surface area (Å²) in [6, 6.07) is 0. The number of carbonyl (C=O) groups is 1. The van der Waals surface area contributed by atoms with E-state index in [1.165, 1.54) is 12.8 Å². The lowest BCUT2D eigenvalue weighted by molar-refractivity contribution is -0.144. The van der Waals surface area contributed by atoms with Crippen molar-refractivity contribution in [1.29, 1.82) is 0 Å². The fourth-order valence-corrected chi connectivity index (χ4v) is 2.62. The third kappa shape index (κ3) is 1.13. The van der Waals surface area contributed by atoms with Crippen LogP contribution in [0.5, 0.6) is 0 Å². The number of fused-ring (bicyclic) bond motifs is 1. The third-order valence-electron chi connectivity index (χ3n) is 3.19. The summed E-state index contributed by atoms with van der Waals surface area (Å²) in [5.41, 5.74) is 0. The van der Waals surface area contributed by atoms with E-state index in [0.717, 1.165) is 19.3 Å². The van der Waals surface area contributed by atoms with Gasteiger partial charge in [0.2, 0.25) is 0 Å². The van der Waals surface area contributed by atoms with Crippen LogP contribution in [0.3, 0.4) is 0 Å². The fraction of sp³-hybridized carbons (Fsp3) is 0.900. The Morgan fingerprint density at radius 3 is 3.08 bits per heavy atom. The molecule has 1 aliphatic carbocycles. The topological polar surface area (TPSA) is 26.3 Å². The van der Waals surface area contributed by atoms with E-state index in [9.17, 15) is 4.79 Å². The van der Waals surface area contributed by atoms with Gasteiger partial charge in [0.25, 0.3) is 0 Å². The zero-order chi connectivity index (χ0) is 8.55. The van der Waals surface area contributed by atoms with Gasteiger partial charge < -0.3 is 4.74 Å².